The van der Waals surface area contributed by atoms with Crippen LogP contribution in [0.2, 0.25) is 5.02 Å². The molecular weight excluding hydrogens is 422 g/mol. The molecule has 2 atom stereocenters. The molecule has 2 aromatic carbocycles. The maximum Gasteiger partial charge on any atom is 0.191 e. The van der Waals surface area contributed by atoms with Gasteiger partial charge in [0, 0.05) is 11.6 Å². The molecule has 0 unspecified atom stereocenters. The Labute approximate surface area is 173 Å². The number of halogens is 3. The van der Waals surface area contributed by atoms with Crippen molar-refractivity contribution in [2.45, 2.75) is 35.1 Å². The van der Waals surface area contributed by atoms with Crippen molar-refractivity contribution >= 4 is 21.4 Å². The lowest BCUT2D eigenvalue weighted by atomic mass is 9.75. The minimum Gasteiger partial charge on any atom is -0.487 e. The van der Waals surface area contributed by atoms with Crippen LogP contribution >= 0.6 is 11.6 Å². The predicted molar refractivity (Wildman–Crippen MR) is 106 cm³/mol. The highest BCUT2D eigenvalue weighted by Gasteiger charge is 2.67. The SMILES string of the molecule is CCN1CCC[C@]2(S(=O)(=O)c3ccc(Cl)cc3)c3c(F)ccc(F)c3OC[C@]12N. The van der Waals surface area contributed by atoms with Crippen LogP contribution in [0.4, 0.5) is 8.78 Å². The lowest BCUT2D eigenvalue weighted by molar-refractivity contribution is -0.0373. The third kappa shape index (κ3) is 2.66. The second kappa shape index (κ2) is 6.91. The summed E-state index contributed by atoms with van der Waals surface area (Å²) < 4.78 is 61.5. The Balaban J connectivity index is 2.10. The van der Waals surface area contributed by atoms with E-state index in [-0.39, 0.29) is 29.2 Å². The Bertz CT molecular complexity index is 1060. The number of hydrogen-bond acceptors (Lipinski definition) is 5. The van der Waals surface area contributed by atoms with Crippen LogP contribution in [0.5, 0.6) is 5.75 Å². The van der Waals surface area contributed by atoms with Gasteiger partial charge in [0.1, 0.15) is 22.8 Å². The molecule has 156 valence electrons. The Morgan fingerprint density at radius 2 is 1.83 bits per heavy atom. The number of hydrogen-bond donors (Lipinski definition) is 1. The average molecular weight is 443 g/mol. The van der Waals surface area contributed by atoms with Gasteiger partial charge in [0.25, 0.3) is 0 Å². The summed E-state index contributed by atoms with van der Waals surface area (Å²) in [5.74, 6) is -2.06. The highest BCUT2D eigenvalue weighted by atomic mass is 35.5. The zero-order valence-corrected chi connectivity index (χ0v) is 17.4. The Morgan fingerprint density at radius 3 is 2.48 bits per heavy atom. The summed E-state index contributed by atoms with van der Waals surface area (Å²) in [6, 6.07) is 7.49. The lowest BCUT2D eigenvalue weighted by Gasteiger charge is -2.58. The Kier molecular flexibility index (Phi) is 4.89. The molecule has 1 saturated heterocycles. The van der Waals surface area contributed by atoms with Gasteiger partial charge in [-0.15, -0.1) is 0 Å². The second-order valence-electron chi connectivity index (χ2n) is 7.41. The number of likely N-dealkylation sites (N-methyl/N-ethyl adjacent to an activating group) is 1. The van der Waals surface area contributed by atoms with Crippen molar-refractivity contribution in [1.29, 1.82) is 0 Å². The van der Waals surface area contributed by atoms with E-state index < -0.39 is 31.9 Å². The molecule has 2 N–H and O–H groups in total. The van der Waals surface area contributed by atoms with E-state index in [2.05, 4.69) is 0 Å². The lowest BCUT2D eigenvalue weighted by Crippen LogP contribution is -2.77. The van der Waals surface area contributed by atoms with E-state index in [0.717, 1.165) is 12.1 Å². The molecule has 0 bridgehead atoms. The minimum atomic E-state index is -4.27. The molecular formula is C20H21ClF2N2O3S. The fraction of sp³-hybridized carbons (Fsp3) is 0.400. The zero-order valence-electron chi connectivity index (χ0n) is 15.8. The third-order valence-electron chi connectivity index (χ3n) is 6.08. The van der Waals surface area contributed by atoms with Gasteiger partial charge in [0.05, 0.1) is 10.5 Å². The quantitative estimate of drug-likeness (QED) is 0.788. The molecule has 2 aliphatic heterocycles. The number of piperidine rings is 1. The molecule has 0 saturated carbocycles. The maximum absolute atomic E-state index is 15.2. The summed E-state index contributed by atoms with van der Waals surface area (Å²) in [6.45, 7) is 2.53. The summed E-state index contributed by atoms with van der Waals surface area (Å²) in [5, 5.41) is 0.365. The van der Waals surface area contributed by atoms with Crippen LogP contribution in [-0.4, -0.2) is 38.7 Å². The van der Waals surface area contributed by atoms with Gasteiger partial charge in [-0.1, -0.05) is 18.5 Å². The largest absolute Gasteiger partial charge is 0.487 e. The smallest absolute Gasteiger partial charge is 0.191 e. The predicted octanol–water partition coefficient (Wildman–Crippen LogP) is 3.45. The number of likely N-dealkylation sites (tertiary alicyclic amines) is 1. The zero-order chi connectivity index (χ0) is 21.0. The van der Waals surface area contributed by atoms with Crippen LogP contribution in [0.15, 0.2) is 41.3 Å². The van der Waals surface area contributed by atoms with Crippen molar-refractivity contribution in [3.63, 3.8) is 0 Å². The van der Waals surface area contributed by atoms with Gasteiger partial charge in [-0.2, -0.15) is 0 Å². The maximum atomic E-state index is 15.2. The van der Waals surface area contributed by atoms with E-state index in [1.54, 1.807) is 4.90 Å². The van der Waals surface area contributed by atoms with Crippen molar-refractivity contribution in [2.24, 2.45) is 5.73 Å². The standard InChI is InChI=1S/C20H21ClF2N2O3S/c1-2-25-11-3-10-19(29(26,27)14-6-4-13(21)5-7-14)17-15(22)8-9-16(23)18(17)28-12-20(19,25)24/h4-9H,2-3,10-12,24H2,1H3/t19-,20-/m0/s1. The minimum absolute atomic E-state index is 0.0433. The van der Waals surface area contributed by atoms with Crippen LogP contribution in [-0.2, 0) is 14.6 Å². The van der Waals surface area contributed by atoms with Gasteiger partial charge in [0.15, 0.2) is 21.4 Å². The third-order valence-corrected chi connectivity index (χ3v) is 8.91. The van der Waals surface area contributed by atoms with Crippen molar-refractivity contribution in [3.05, 3.63) is 58.6 Å². The number of fused-ring (bicyclic) bond motifs is 3. The molecule has 5 nitrogen and oxygen atoms in total. The fourth-order valence-corrected chi connectivity index (χ4v) is 7.28. The van der Waals surface area contributed by atoms with Gasteiger partial charge >= 0.3 is 0 Å². The first-order chi connectivity index (χ1) is 13.7. The number of nitrogens with zero attached hydrogens (tertiary/aromatic N) is 1. The highest BCUT2D eigenvalue weighted by Crippen LogP contribution is 2.56. The van der Waals surface area contributed by atoms with Gasteiger partial charge in [0.2, 0.25) is 0 Å². The van der Waals surface area contributed by atoms with Crippen LogP contribution < -0.4 is 10.5 Å². The van der Waals surface area contributed by atoms with Gasteiger partial charge in [-0.25, -0.2) is 17.2 Å². The number of nitrogens with two attached hydrogens (primary N) is 1. The molecule has 0 spiro atoms. The van der Waals surface area contributed by atoms with Crippen molar-refractivity contribution in [2.75, 3.05) is 19.7 Å². The molecule has 29 heavy (non-hydrogen) atoms. The summed E-state index contributed by atoms with van der Waals surface area (Å²) >= 11 is 5.93. The monoisotopic (exact) mass is 442 g/mol. The van der Waals surface area contributed by atoms with Crippen LogP contribution in [0.1, 0.15) is 25.3 Å². The summed E-state index contributed by atoms with van der Waals surface area (Å²) in [4.78, 5) is 1.73. The highest BCUT2D eigenvalue weighted by molar-refractivity contribution is 7.92. The van der Waals surface area contributed by atoms with Crippen molar-refractivity contribution < 1.29 is 21.9 Å². The van der Waals surface area contributed by atoms with Crippen LogP contribution in [0, 0.1) is 11.6 Å². The molecule has 0 aliphatic carbocycles. The second-order valence-corrected chi connectivity index (χ2v) is 10.0. The van der Waals surface area contributed by atoms with Crippen molar-refractivity contribution in [1.82, 2.24) is 4.90 Å². The molecule has 0 amide bonds. The topological polar surface area (TPSA) is 72.6 Å². The summed E-state index contributed by atoms with van der Waals surface area (Å²) in [6.07, 6.45) is 0.497. The Morgan fingerprint density at radius 1 is 1.17 bits per heavy atom. The van der Waals surface area contributed by atoms with E-state index in [0.29, 0.717) is 24.5 Å². The molecule has 0 aromatic heterocycles. The first-order valence-corrected chi connectivity index (χ1v) is 11.2. The van der Waals surface area contributed by atoms with E-state index in [1.807, 2.05) is 6.92 Å². The molecule has 2 aromatic rings. The van der Waals surface area contributed by atoms with Crippen LogP contribution in [0.25, 0.3) is 0 Å². The molecule has 2 heterocycles. The van der Waals surface area contributed by atoms with Gasteiger partial charge in [-0.05, 0) is 55.8 Å². The molecule has 9 heteroatoms. The molecule has 0 radical (unpaired) electrons. The van der Waals surface area contributed by atoms with Gasteiger partial charge < -0.3 is 10.5 Å². The number of benzene rings is 2. The Hall–Kier alpha value is -1.74. The van der Waals surface area contributed by atoms with Crippen LogP contribution in [0.3, 0.4) is 0 Å². The molecule has 4 rings (SSSR count). The van der Waals surface area contributed by atoms with Gasteiger partial charge in [-0.3, -0.25) is 4.90 Å². The molecule has 1 fully saturated rings. The van der Waals surface area contributed by atoms with E-state index >= 15 is 4.39 Å². The molecule has 2 aliphatic rings. The normalized spacial score (nSPS) is 27.1. The average Bonchev–Trinajstić information content (AvgIpc) is 2.69. The van der Waals surface area contributed by atoms with E-state index in [4.69, 9.17) is 22.1 Å². The van der Waals surface area contributed by atoms with Crippen molar-refractivity contribution in [3.8, 4) is 5.75 Å². The fourth-order valence-electron chi connectivity index (χ4n) is 4.73. The first kappa shape index (κ1) is 20.5. The summed E-state index contributed by atoms with van der Waals surface area (Å²) in [7, 11) is -4.27. The number of ether oxygens (including phenoxy) is 1. The number of rotatable bonds is 3. The van der Waals surface area contributed by atoms with E-state index in [1.165, 1.54) is 24.3 Å². The summed E-state index contributed by atoms with van der Waals surface area (Å²) in [5.41, 5.74) is 4.84. The number of sulfone groups is 1. The first-order valence-electron chi connectivity index (χ1n) is 9.34. The van der Waals surface area contributed by atoms with E-state index in [9.17, 15) is 12.8 Å².